The highest BCUT2D eigenvalue weighted by Crippen LogP contribution is 2.23. The summed E-state index contributed by atoms with van der Waals surface area (Å²) in [6.07, 6.45) is 4.24. The van der Waals surface area contributed by atoms with Gasteiger partial charge in [-0.05, 0) is 57.5 Å². The van der Waals surface area contributed by atoms with E-state index in [1.807, 2.05) is 19.1 Å². The van der Waals surface area contributed by atoms with E-state index in [1.54, 1.807) is 12.2 Å². The fraction of sp³-hybridized carbons (Fsp3) is 0.400. The van der Waals surface area contributed by atoms with Crippen LogP contribution < -0.4 is 10.6 Å². The lowest BCUT2D eigenvalue weighted by Gasteiger charge is -2.27. The van der Waals surface area contributed by atoms with Gasteiger partial charge in [-0.25, -0.2) is 4.99 Å². The highest BCUT2D eigenvalue weighted by Gasteiger charge is 2.15. The molecule has 0 aliphatic heterocycles. The molecule has 134 valence electrons. The maximum atomic E-state index is 8.09. The van der Waals surface area contributed by atoms with Crippen LogP contribution in [-0.4, -0.2) is 30.6 Å². The molecule has 0 bridgehead atoms. The quantitative estimate of drug-likeness (QED) is 0.731. The van der Waals surface area contributed by atoms with Gasteiger partial charge in [0.1, 0.15) is 5.76 Å². The molecule has 0 amide bonds. The summed E-state index contributed by atoms with van der Waals surface area (Å²) in [5.74, 6) is 0.588. The molecule has 0 saturated heterocycles. The van der Waals surface area contributed by atoms with Gasteiger partial charge in [-0.15, -0.1) is 0 Å². The number of allylic oxidation sites excluding steroid dienone is 2. The first-order valence-electron chi connectivity index (χ1n) is 8.82. The summed E-state index contributed by atoms with van der Waals surface area (Å²) in [6.45, 7) is 10.1. The van der Waals surface area contributed by atoms with Crippen LogP contribution >= 0.6 is 0 Å². The molecule has 0 aromatic heterocycles. The number of nitrogens with zero attached hydrogens (tertiary/aromatic N) is 2. The summed E-state index contributed by atoms with van der Waals surface area (Å²) < 4.78 is 5.64. The lowest BCUT2D eigenvalue weighted by molar-refractivity contribution is 0.220. The molecule has 0 atom stereocenters. The fourth-order valence-corrected chi connectivity index (χ4v) is 2.72. The Morgan fingerprint density at radius 2 is 1.84 bits per heavy atom. The Kier molecular flexibility index (Phi) is 6.39. The maximum Gasteiger partial charge on any atom is 0.144 e. The average molecular weight is 340 g/mol. The molecule has 0 spiro atoms. The molecule has 3 N–H and O–H groups in total. The highest BCUT2D eigenvalue weighted by molar-refractivity contribution is 6.50. The molecule has 0 saturated carbocycles. The number of nitrogens with two attached hydrogens (primary N) is 1. The van der Waals surface area contributed by atoms with Gasteiger partial charge in [-0.2, -0.15) is 0 Å². The number of benzene rings is 1. The smallest absolute Gasteiger partial charge is 0.144 e. The van der Waals surface area contributed by atoms with Crippen molar-refractivity contribution in [3.8, 4) is 0 Å². The number of hydrogen-bond donors (Lipinski definition) is 2. The van der Waals surface area contributed by atoms with Crippen molar-refractivity contribution in [1.29, 1.82) is 5.41 Å². The van der Waals surface area contributed by atoms with Crippen molar-refractivity contribution < 1.29 is 4.74 Å². The summed E-state index contributed by atoms with van der Waals surface area (Å²) in [4.78, 5) is 6.90. The zero-order chi connectivity index (χ0) is 18.4. The van der Waals surface area contributed by atoms with Crippen LogP contribution in [0.15, 0.2) is 52.9 Å². The Hall–Kier alpha value is -2.56. The first kappa shape index (κ1) is 18.8. The van der Waals surface area contributed by atoms with Crippen molar-refractivity contribution >= 4 is 22.8 Å². The second kappa shape index (κ2) is 8.51. The highest BCUT2D eigenvalue weighted by atomic mass is 16.5. The Balaban J connectivity index is 2.24. The molecule has 1 aliphatic carbocycles. The molecule has 2 rings (SSSR count). The van der Waals surface area contributed by atoms with E-state index < -0.39 is 0 Å². The fourth-order valence-electron chi connectivity index (χ4n) is 2.72. The third kappa shape index (κ3) is 4.72. The molecule has 1 aliphatic rings. The van der Waals surface area contributed by atoms with Gasteiger partial charge < -0.3 is 15.4 Å². The normalized spacial score (nSPS) is 16.0. The Morgan fingerprint density at radius 1 is 1.16 bits per heavy atom. The molecule has 5 heteroatoms. The summed E-state index contributed by atoms with van der Waals surface area (Å²) in [5, 5.41) is 8.09. The monoisotopic (exact) mass is 340 g/mol. The molecule has 0 radical (unpaired) electrons. The van der Waals surface area contributed by atoms with Gasteiger partial charge in [0.15, 0.2) is 0 Å². The van der Waals surface area contributed by atoms with Crippen molar-refractivity contribution in [1.82, 2.24) is 0 Å². The van der Waals surface area contributed by atoms with E-state index in [4.69, 9.17) is 15.9 Å². The van der Waals surface area contributed by atoms with Crippen LogP contribution in [0.25, 0.3) is 0 Å². The largest absolute Gasteiger partial charge is 0.491 e. The van der Waals surface area contributed by atoms with Crippen molar-refractivity contribution in [2.45, 2.75) is 40.2 Å². The van der Waals surface area contributed by atoms with Crippen molar-refractivity contribution in [2.24, 2.45) is 10.7 Å². The number of rotatable bonds is 7. The van der Waals surface area contributed by atoms with Crippen LogP contribution in [0.5, 0.6) is 0 Å². The first-order chi connectivity index (χ1) is 12.0. The van der Waals surface area contributed by atoms with Crippen molar-refractivity contribution in [3.63, 3.8) is 0 Å². The number of anilines is 1. The van der Waals surface area contributed by atoms with Crippen LogP contribution in [0.2, 0.25) is 0 Å². The Labute approximate surface area is 150 Å². The van der Waals surface area contributed by atoms with E-state index in [-0.39, 0.29) is 0 Å². The van der Waals surface area contributed by atoms with Gasteiger partial charge in [-0.3, -0.25) is 5.41 Å². The second-order valence-corrected chi connectivity index (χ2v) is 6.26. The van der Waals surface area contributed by atoms with E-state index >= 15 is 0 Å². The zero-order valence-corrected chi connectivity index (χ0v) is 15.5. The summed E-state index contributed by atoms with van der Waals surface area (Å²) in [5.41, 5.74) is 9.24. The number of hydrogen-bond acceptors (Lipinski definition) is 5. The van der Waals surface area contributed by atoms with Crippen LogP contribution in [0, 0.1) is 5.41 Å². The van der Waals surface area contributed by atoms with E-state index in [2.05, 4.69) is 42.8 Å². The van der Waals surface area contributed by atoms with Gasteiger partial charge in [0, 0.05) is 24.4 Å². The molecule has 1 aromatic rings. The summed E-state index contributed by atoms with van der Waals surface area (Å²) in [6, 6.07) is 8.53. The van der Waals surface area contributed by atoms with Crippen molar-refractivity contribution in [3.05, 3.63) is 47.9 Å². The molecule has 0 fully saturated rings. The zero-order valence-electron chi connectivity index (χ0n) is 15.5. The molecule has 25 heavy (non-hydrogen) atoms. The Morgan fingerprint density at radius 3 is 2.40 bits per heavy atom. The predicted octanol–water partition coefficient (Wildman–Crippen LogP) is 4.18. The van der Waals surface area contributed by atoms with E-state index in [1.165, 1.54) is 5.69 Å². The molecular formula is C20H28N4O. The Bertz CT molecular complexity index is 699. The standard InChI is InChI=1S/C20H28N4O/c1-5-11-25-20-13-19(17(21)12-18(20)22)23-15-7-9-16(10-8-15)24(6-2)14(3)4/h7-10,12-14,21H,5-6,11,22H2,1-4H3. The molecule has 5 nitrogen and oxygen atoms in total. The van der Waals surface area contributed by atoms with Crippen molar-refractivity contribution in [2.75, 3.05) is 18.1 Å². The lowest BCUT2D eigenvalue weighted by atomic mass is 10.1. The maximum absolute atomic E-state index is 8.09. The third-order valence-electron chi connectivity index (χ3n) is 3.98. The van der Waals surface area contributed by atoms with Crippen LogP contribution in [0.1, 0.15) is 34.1 Å². The van der Waals surface area contributed by atoms with Gasteiger partial charge in [0.25, 0.3) is 0 Å². The minimum atomic E-state index is 0.294. The third-order valence-corrected chi connectivity index (χ3v) is 3.98. The number of ether oxygens (including phenoxy) is 1. The van der Waals surface area contributed by atoms with Gasteiger partial charge >= 0.3 is 0 Å². The molecule has 0 unspecified atom stereocenters. The SMILES string of the molecule is CCCOC1=CC(=Nc2ccc(N(CC)C(C)C)cc2)C(=N)C=C1N. The minimum absolute atomic E-state index is 0.294. The summed E-state index contributed by atoms with van der Waals surface area (Å²) >= 11 is 0. The van der Waals surface area contributed by atoms with E-state index in [9.17, 15) is 0 Å². The van der Waals surface area contributed by atoms with Gasteiger partial charge in [-0.1, -0.05) is 6.92 Å². The second-order valence-electron chi connectivity index (χ2n) is 6.26. The lowest BCUT2D eigenvalue weighted by Crippen LogP contribution is -2.30. The van der Waals surface area contributed by atoms with Gasteiger partial charge in [0.2, 0.25) is 0 Å². The van der Waals surface area contributed by atoms with Crippen LogP contribution in [0.3, 0.4) is 0 Å². The number of aliphatic imine (C=N–C) groups is 1. The van der Waals surface area contributed by atoms with Crippen LogP contribution in [-0.2, 0) is 4.74 Å². The number of nitrogens with one attached hydrogen (secondary N) is 1. The minimum Gasteiger partial charge on any atom is -0.491 e. The summed E-state index contributed by atoms with van der Waals surface area (Å²) in [7, 11) is 0. The predicted molar refractivity (Wildman–Crippen MR) is 106 cm³/mol. The average Bonchev–Trinajstić information content (AvgIpc) is 2.58. The topological polar surface area (TPSA) is 74.7 Å². The van der Waals surface area contributed by atoms with E-state index in [0.717, 1.165) is 18.7 Å². The van der Waals surface area contributed by atoms with Gasteiger partial charge in [0.05, 0.1) is 29.4 Å². The first-order valence-corrected chi connectivity index (χ1v) is 8.82. The molecular weight excluding hydrogens is 312 g/mol. The molecule has 1 aromatic carbocycles. The van der Waals surface area contributed by atoms with Crippen LogP contribution in [0.4, 0.5) is 11.4 Å². The molecule has 0 heterocycles. The van der Waals surface area contributed by atoms with E-state index in [0.29, 0.717) is 35.5 Å².